The van der Waals surface area contributed by atoms with E-state index in [9.17, 15) is 4.55 Å². The molecule has 4 heteroatoms. The first-order valence-electron chi connectivity index (χ1n) is 8.80. The van der Waals surface area contributed by atoms with Crippen molar-refractivity contribution in [3.05, 3.63) is 22.7 Å². The van der Waals surface area contributed by atoms with E-state index in [-0.39, 0.29) is 5.41 Å². The third-order valence-electron chi connectivity index (χ3n) is 5.06. The van der Waals surface area contributed by atoms with Crippen LogP contribution in [0.4, 0.5) is 0 Å². The van der Waals surface area contributed by atoms with Crippen molar-refractivity contribution in [1.29, 1.82) is 0 Å². The van der Waals surface area contributed by atoms with Gasteiger partial charge in [0.1, 0.15) is 11.5 Å². The molecule has 0 aliphatic carbocycles. The summed E-state index contributed by atoms with van der Waals surface area (Å²) in [6.45, 7) is 4.47. The lowest BCUT2D eigenvalue weighted by Crippen LogP contribution is -2.29. The number of hydrogen-bond donors (Lipinski definition) is 0. The number of rotatable bonds is 7. The maximum absolute atomic E-state index is 13.0. The van der Waals surface area contributed by atoms with Crippen LogP contribution in [0.5, 0.6) is 5.75 Å². The predicted octanol–water partition coefficient (Wildman–Crippen LogP) is 5.77. The van der Waals surface area contributed by atoms with Gasteiger partial charge >= 0.3 is 0 Å². The molecule has 130 valence electrons. The topological polar surface area (TPSA) is 32.3 Å². The predicted molar refractivity (Wildman–Crippen MR) is 99.1 cm³/mol. The fraction of sp³-hybridized carbons (Fsp3) is 0.684. The lowest BCUT2D eigenvalue weighted by atomic mass is 9.76. The zero-order valence-electron chi connectivity index (χ0n) is 14.6. The third-order valence-corrected chi connectivity index (χ3v) is 7.10. The van der Waals surface area contributed by atoms with Crippen LogP contribution in [-0.2, 0) is 17.6 Å². The summed E-state index contributed by atoms with van der Waals surface area (Å²) in [7, 11) is 1.61. The molecule has 1 aliphatic rings. The molecule has 1 aromatic carbocycles. The van der Waals surface area contributed by atoms with Gasteiger partial charge in [-0.15, -0.1) is 0 Å². The minimum Gasteiger partial charge on any atom is -0.611 e. The standard InChI is InChI=1S/C19H29ClO2S/c1-4-6-9-19(10-7-5-2)11-8-15-12-16(20)17(22-3)13-18(15)23(21)14-19/h12-13H,4-11,14H2,1-3H3. The maximum Gasteiger partial charge on any atom is 0.159 e. The fourth-order valence-corrected chi connectivity index (χ4v) is 5.69. The zero-order valence-corrected chi connectivity index (χ0v) is 16.2. The number of ether oxygens (including phenoxy) is 1. The Labute approximate surface area is 149 Å². The van der Waals surface area contributed by atoms with E-state index in [2.05, 4.69) is 13.8 Å². The van der Waals surface area contributed by atoms with Crippen molar-refractivity contribution in [2.75, 3.05) is 12.9 Å². The molecule has 2 rings (SSSR count). The van der Waals surface area contributed by atoms with E-state index >= 15 is 0 Å². The molecular formula is C19H29ClO2S. The summed E-state index contributed by atoms with van der Waals surface area (Å²) in [5, 5.41) is 0.623. The van der Waals surface area contributed by atoms with E-state index in [0.717, 1.165) is 29.1 Å². The van der Waals surface area contributed by atoms with Gasteiger partial charge in [-0.2, -0.15) is 0 Å². The first-order chi connectivity index (χ1) is 11.0. The van der Waals surface area contributed by atoms with Gasteiger partial charge in [0.2, 0.25) is 0 Å². The van der Waals surface area contributed by atoms with Crippen molar-refractivity contribution in [1.82, 2.24) is 0 Å². The minimum atomic E-state index is -0.968. The van der Waals surface area contributed by atoms with Gasteiger partial charge in [0.15, 0.2) is 4.90 Å². The van der Waals surface area contributed by atoms with Crippen LogP contribution in [0.3, 0.4) is 0 Å². The van der Waals surface area contributed by atoms with Crippen molar-refractivity contribution in [2.45, 2.75) is 70.1 Å². The van der Waals surface area contributed by atoms with Crippen molar-refractivity contribution in [3.63, 3.8) is 0 Å². The van der Waals surface area contributed by atoms with Crippen molar-refractivity contribution >= 4 is 22.8 Å². The summed E-state index contributed by atoms with van der Waals surface area (Å²) in [5.41, 5.74) is 1.36. The number of unbranched alkanes of at least 4 members (excludes halogenated alkanes) is 2. The molecule has 0 amide bonds. The Hall–Kier alpha value is -0.380. The second-order valence-corrected chi connectivity index (χ2v) is 8.62. The zero-order chi connectivity index (χ0) is 16.9. The monoisotopic (exact) mass is 356 g/mol. The Morgan fingerprint density at radius 2 is 1.87 bits per heavy atom. The lowest BCUT2D eigenvalue weighted by Gasteiger charge is -2.32. The number of benzene rings is 1. The first kappa shape index (κ1) is 19.0. The van der Waals surface area contributed by atoms with Crippen molar-refractivity contribution in [3.8, 4) is 5.75 Å². The number of fused-ring (bicyclic) bond motifs is 1. The van der Waals surface area contributed by atoms with Crippen LogP contribution in [0.1, 0.15) is 64.4 Å². The average molecular weight is 357 g/mol. The number of methoxy groups -OCH3 is 1. The molecule has 1 atom stereocenters. The van der Waals surface area contributed by atoms with Gasteiger partial charge in [-0.1, -0.05) is 51.1 Å². The Balaban J connectivity index is 2.29. The Morgan fingerprint density at radius 3 is 2.43 bits per heavy atom. The highest BCUT2D eigenvalue weighted by molar-refractivity contribution is 7.91. The molecule has 2 nitrogen and oxygen atoms in total. The van der Waals surface area contributed by atoms with Crippen LogP contribution in [0, 0.1) is 5.41 Å². The molecule has 23 heavy (non-hydrogen) atoms. The van der Waals surface area contributed by atoms with E-state index < -0.39 is 11.2 Å². The summed E-state index contributed by atoms with van der Waals surface area (Å²) in [5.74, 6) is 1.42. The highest BCUT2D eigenvalue weighted by atomic mass is 35.5. The summed E-state index contributed by atoms with van der Waals surface area (Å²) in [6, 6.07) is 3.85. The Bertz CT molecular complexity index is 510. The molecule has 0 fully saturated rings. The van der Waals surface area contributed by atoms with Gasteiger partial charge in [0, 0.05) is 17.0 Å². The van der Waals surface area contributed by atoms with Gasteiger partial charge in [0.05, 0.1) is 12.1 Å². The third kappa shape index (κ3) is 4.58. The Morgan fingerprint density at radius 1 is 1.22 bits per heavy atom. The van der Waals surface area contributed by atoms with Crippen LogP contribution in [0.2, 0.25) is 5.02 Å². The van der Waals surface area contributed by atoms with Gasteiger partial charge in [-0.05, 0) is 42.9 Å². The van der Waals surface area contributed by atoms with E-state index in [1.54, 1.807) is 7.11 Å². The van der Waals surface area contributed by atoms with E-state index in [0.29, 0.717) is 10.8 Å². The van der Waals surface area contributed by atoms with Gasteiger partial charge < -0.3 is 9.29 Å². The van der Waals surface area contributed by atoms with Crippen LogP contribution in [0.25, 0.3) is 0 Å². The van der Waals surface area contributed by atoms with E-state index in [4.69, 9.17) is 16.3 Å². The van der Waals surface area contributed by atoms with Gasteiger partial charge in [-0.25, -0.2) is 0 Å². The Kier molecular flexibility index (Phi) is 7.12. The molecule has 0 saturated heterocycles. The number of aryl methyl sites for hydroxylation is 1. The SMILES string of the molecule is CCCCC1(CCCC)CCc2cc(Cl)c(OC)cc2[S+]([O-])C1. The second-order valence-electron chi connectivity index (χ2n) is 6.79. The molecule has 1 aliphatic heterocycles. The highest BCUT2D eigenvalue weighted by Gasteiger charge is 2.38. The second kappa shape index (κ2) is 8.64. The summed E-state index contributed by atoms with van der Waals surface area (Å²) in [4.78, 5) is 0.932. The molecule has 0 spiro atoms. The smallest absolute Gasteiger partial charge is 0.159 e. The van der Waals surface area contributed by atoms with Crippen LogP contribution < -0.4 is 4.74 Å². The molecule has 1 heterocycles. The van der Waals surface area contributed by atoms with E-state index in [1.807, 2.05) is 12.1 Å². The minimum absolute atomic E-state index is 0.218. The van der Waals surface area contributed by atoms with Crippen LogP contribution in [0.15, 0.2) is 17.0 Å². The molecule has 1 unspecified atom stereocenters. The molecule has 0 N–H and O–H groups in total. The fourth-order valence-electron chi connectivity index (χ4n) is 3.59. The van der Waals surface area contributed by atoms with Crippen LogP contribution in [-0.4, -0.2) is 17.4 Å². The molecule has 0 radical (unpaired) electrons. The van der Waals surface area contributed by atoms with E-state index in [1.165, 1.54) is 38.5 Å². The van der Waals surface area contributed by atoms with Gasteiger partial charge in [-0.3, -0.25) is 0 Å². The summed E-state index contributed by atoms with van der Waals surface area (Å²) < 4.78 is 18.4. The largest absolute Gasteiger partial charge is 0.611 e. The van der Waals surface area contributed by atoms with Gasteiger partial charge in [0.25, 0.3) is 0 Å². The molecule has 0 saturated carbocycles. The highest BCUT2D eigenvalue weighted by Crippen LogP contribution is 2.44. The quantitative estimate of drug-likeness (QED) is 0.581. The molecule has 1 aromatic rings. The molecular weight excluding hydrogens is 328 g/mol. The summed E-state index contributed by atoms with van der Waals surface area (Å²) in [6.07, 6.45) is 9.32. The average Bonchev–Trinajstić information content (AvgIpc) is 2.68. The molecule has 0 bridgehead atoms. The van der Waals surface area contributed by atoms with Crippen molar-refractivity contribution in [2.24, 2.45) is 5.41 Å². The number of hydrogen-bond acceptors (Lipinski definition) is 2. The normalized spacial score (nSPS) is 20.0. The molecule has 0 aromatic heterocycles. The maximum atomic E-state index is 13.0. The van der Waals surface area contributed by atoms with Crippen LogP contribution >= 0.6 is 11.6 Å². The number of halogens is 1. The lowest BCUT2D eigenvalue weighted by molar-refractivity contribution is 0.240. The van der Waals surface area contributed by atoms with Crippen molar-refractivity contribution < 1.29 is 9.29 Å². The first-order valence-corrected chi connectivity index (χ1v) is 10.5. The summed E-state index contributed by atoms with van der Waals surface area (Å²) >= 11 is 5.31.